The highest BCUT2D eigenvalue weighted by atomic mass is 35.5. The third kappa shape index (κ3) is 63.9. The number of alkyl halides is 1. The Morgan fingerprint density at radius 3 is 0.512 bits per heavy atom. The molecule has 0 radical (unpaired) electrons. The van der Waals surface area contributed by atoms with E-state index in [-0.39, 0.29) is 40.5 Å². The molecule has 82 heavy (non-hydrogen) atoms. The SMILES string of the molecule is C.ClCCOCCOCc1ccccc1.OCCOCCOCCO.OCCOCCOCCO.OCCOCCOCCOCc1ccccc1.c1ccc(COCCOCCOCCOCCOCCOCc2ccccc2)cc1. The Labute approximate surface area is 494 Å². The molecule has 0 atom stereocenters. The third-order valence-electron chi connectivity index (χ3n) is 9.57. The van der Waals surface area contributed by atoms with E-state index in [2.05, 4.69) is 0 Å². The standard InChI is InChI=1S/C24H34O6.C13H20O4.C11H15ClO2.2C6H14O4.CH4/c1-3-7-23(8-4-1)21-29-19-17-27-15-13-25-11-12-26-14-16-28-18-20-30-22-24-9-5-2-6-10-24;14-6-7-15-8-9-16-10-11-17-12-13-4-2-1-3-5-13;12-6-7-13-8-9-14-10-11-4-2-1-3-5-11;2*7-1-3-9-5-6-10-4-2-8;/h1-10H,11-22H2;1-5,14H,6-12H2;1-5H,6-10H2;2*7-8H,1-6H2;1H4. The maximum Gasteiger partial charge on any atom is 0.0718 e. The van der Waals surface area contributed by atoms with Crippen LogP contribution in [0.2, 0.25) is 0 Å². The molecular weight excluding hydrogens is 1090 g/mol. The molecule has 20 nitrogen and oxygen atoms in total. The summed E-state index contributed by atoms with van der Waals surface area (Å²) < 4.78 is 78.8. The lowest BCUT2D eigenvalue weighted by atomic mass is 10.2. The van der Waals surface area contributed by atoms with E-state index < -0.39 is 0 Å². The summed E-state index contributed by atoms with van der Waals surface area (Å²) in [6.45, 7) is 16.0. The molecule has 4 aromatic carbocycles. The largest absolute Gasteiger partial charge is 0.394 e. The summed E-state index contributed by atoms with van der Waals surface area (Å²) in [5, 5.41) is 41.5. The fourth-order valence-corrected chi connectivity index (χ4v) is 5.84. The quantitative estimate of drug-likeness (QED) is 0.0259. The van der Waals surface area contributed by atoms with Crippen molar-refractivity contribution in [2.45, 2.75) is 33.9 Å². The predicted octanol–water partition coefficient (Wildman–Crippen LogP) is 5.82. The van der Waals surface area contributed by atoms with Gasteiger partial charge in [0.1, 0.15) is 0 Å². The average Bonchev–Trinajstić information content (AvgIpc) is 3.51. The zero-order valence-electron chi connectivity index (χ0n) is 47.7. The molecule has 0 fully saturated rings. The van der Waals surface area contributed by atoms with Gasteiger partial charge >= 0.3 is 0 Å². The van der Waals surface area contributed by atoms with Crippen molar-refractivity contribution in [3.8, 4) is 0 Å². The average molecular weight is 1190 g/mol. The maximum absolute atomic E-state index is 8.46. The van der Waals surface area contributed by atoms with Crippen LogP contribution in [0, 0.1) is 0 Å². The van der Waals surface area contributed by atoms with Gasteiger partial charge in [-0.3, -0.25) is 0 Å². The Hall–Kier alpha value is -3.63. The molecule has 0 saturated heterocycles. The van der Waals surface area contributed by atoms with Crippen LogP contribution in [0.4, 0.5) is 0 Å². The van der Waals surface area contributed by atoms with Gasteiger partial charge in [-0.05, 0) is 22.3 Å². The number of benzene rings is 4. The second-order valence-corrected chi connectivity index (χ2v) is 16.6. The molecule has 0 bridgehead atoms. The van der Waals surface area contributed by atoms with Crippen LogP contribution >= 0.6 is 11.6 Å². The molecule has 0 saturated carbocycles. The van der Waals surface area contributed by atoms with E-state index in [4.69, 9.17) is 108 Å². The van der Waals surface area contributed by atoms with Crippen molar-refractivity contribution in [2.24, 2.45) is 0 Å². The number of rotatable bonds is 50. The fraction of sp³-hybridized carbons (Fsp3) is 0.607. The summed E-state index contributed by atoms with van der Waals surface area (Å²) in [6, 6.07) is 40.3. The van der Waals surface area contributed by atoms with E-state index in [0.29, 0.717) is 204 Å². The Morgan fingerprint density at radius 1 is 0.207 bits per heavy atom. The zero-order valence-corrected chi connectivity index (χ0v) is 48.5. The molecule has 0 heterocycles. The number of aliphatic hydroxyl groups is 5. The van der Waals surface area contributed by atoms with E-state index in [1.54, 1.807) is 0 Å². The van der Waals surface area contributed by atoms with Crippen LogP contribution in [0.15, 0.2) is 121 Å². The summed E-state index contributed by atoms with van der Waals surface area (Å²) >= 11 is 5.44. The zero-order chi connectivity index (χ0) is 58.5. The highest BCUT2D eigenvalue weighted by Gasteiger charge is 1.98. The number of aliphatic hydroxyl groups excluding tert-OH is 5. The number of hydrogen-bond acceptors (Lipinski definition) is 20. The van der Waals surface area contributed by atoms with Crippen molar-refractivity contribution in [2.75, 3.05) is 211 Å². The van der Waals surface area contributed by atoms with Crippen molar-refractivity contribution in [3.05, 3.63) is 144 Å². The van der Waals surface area contributed by atoms with Gasteiger partial charge in [0, 0.05) is 5.88 Å². The molecule has 0 aliphatic rings. The summed E-state index contributed by atoms with van der Waals surface area (Å²) in [5.41, 5.74) is 4.69. The highest BCUT2D eigenvalue weighted by Crippen LogP contribution is 2.03. The summed E-state index contributed by atoms with van der Waals surface area (Å²) in [7, 11) is 0. The second kappa shape index (κ2) is 71.6. The van der Waals surface area contributed by atoms with Crippen LogP contribution in [0.1, 0.15) is 29.7 Å². The molecular formula is C61H101ClO20. The minimum atomic E-state index is 0. The lowest BCUT2D eigenvalue weighted by Crippen LogP contribution is -2.14. The molecule has 0 aromatic heterocycles. The summed E-state index contributed by atoms with van der Waals surface area (Å²) in [4.78, 5) is 0. The van der Waals surface area contributed by atoms with Crippen molar-refractivity contribution < 1.29 is 96.6 Å². The molecule has 472 valence electrons. The van der Waals surface area contributed by atoms with Gasteiger partial charge in [0.25, 0.3) is 0 Å². The monoisotopic (exact) mass is 1190 g/mol. The molecule has 4 aromatic rings. The van der Waals surface area contributed by atoms with Crippen LogP contribution in [-0.2, 0) is 97.5 Å². The van der Waals surface area contributed by atoms with Gasteiger partial charge in [0.15, 0.2) is 0 Å². The molecule has 4 rings (SSSR count). The van der Waals surface area contributed by atoms with Crippen molar-refractivity contribution in [3.63, 3.8) is 0 Å². The van der Waals surface area contributed by atoms with Gasteiger partial charge in [-0.1, -0.05) is 129 Å². The van der Waals surface area contributed by atoms with Gasteiger partial charge in [0.2, 0.25) is 0 Å². The first-order valence-electron chi connectivity index (χ1n) is 27.6. The number of ether oxygens (including phenoxy) is 15. The predicted molar refractivity (Wildman–Crippen MR) is 316 cm³/mol. The lowest BCUT2D eigenvalue weighted by molar-refractivity contribution is -0.0185. The van der Waals surface area contributed by atoms with Gasteiger partial charge in [-0.15, -0.1) is 11.6 Å². The Bertz CT molecular complexity index is 1630. The van der Waals surface area contributed by atoms with Crippen molar-refractivity contribution in [1.29, 1.82) is 0 Å². The maximum atomic E-state index is 8.46. The van der Waals surface area contributed by atoms with Crippen LogP contribution in [-0.4, -0.2) is 236 Å². The molecule has 0 aliphatic carbocycles. The fourth-order valence-electron chi connectivity index (χ4n) is 5.74. The molecule has 21 heteroatoms. The topological polar surface area (TPSA) is 240 Å². The Balaban J connectivity index is 0. The lowest BCUT2D eigenvalue weighted by Gasteiger charge is -2.08. The summed E-state index contributed by atoms with van der Waals surface area (Å²) in [5.74, 6) is 0.540. The minimum Gasteiger partial charge on any atom is -0.394 e. The second-order valence-electron chi connectivity index (χ2n) is 16.2. The first kappa shape index (κ1) is 80.4. The Morgan fingerprint density at radius 2 is 0.354 bits per heavy atom. The minimum absolute atomic E-state index is 0. The van der Waals surface area contributed by atoms with Gasteiger partial charge in [-0.2, -0.15) is 0 Å². The normalized spacial score (nSPS) is 10.5. The molecule has 0 unspecified atom stereocenters. The van der Waals surface area contributed by atoms with Gasteiger partial charge in [-0.25, -0.2) is 0 Å². The van der Waals surface area contributed by atoms with Crippen LogP contribution in [0.25, 0.3) is 0 Å². The van der Waals surface area contributed by atoms with Gasteiger partial charge in [0.05, 0.1) is 231 Å². The van der Waals surface area contributed by atoms with Crippen LogP contribution in [0.5, 0.6) is 0 Å². The first-order chi connectivity index (χ1) is 40.1. The van der Waals surface area contributed by atoms with Gasteiger partial charge < -0.3 is 96.6 Å². The number of halogens is 1. The summed E-state index contributed by atoms with van der Waals surface area (Å²) in [6.07, 6.45) is 0. The number of hydrogen-bond donors (Lipinski definition) is 5. The highest BCUT2D eigenvalue weighted by molar-refractivity contribution is 6.17. The molecule has 0 spiro atoms. The van der Waals surface area contributed by atoms with Crippen LogP contribution in [0.3, 0.4) is 0 Å². The van der Waals surface area contributed by atoms with E-state index in [1.807, 2.05) is 121 Å². The van der Waals surface area contributed by atoms with E-state index >= 15 is 0 Å². The van der Waals surface area contributed by atoms with Crippen molar-refractivity contribution >= 4 is 11.6 Å². The van der Waals surface area contributed by atoms with Crippen molar-refractivity contribution in [1.82, 2.24) is 0 Å². The van der Waals surface area contributed by atoms with E-state index in [9.17, 15) is 0 Å². The van der Waals surface area contributed by atoms with E-state index in [1.165, 1.54) is 22.3 Å². The van der Waals surface area contributed by atoms with E-state index in [0.717, 1.165) is 0 Å². The molecule has 0 amide bonds. The first-order valence-corrected chi connectivity index (χ1v) is 28.1. The molecule has 5 N–H and O–H groups in total. The third-order valence-corrected chi connectivity index (χ3v) is 9.72. The smallest absolute Gasteiger partial charge is 0.0718 e. The van der Waals surface area contributed by atoms with Crippen LogP contribution < -0.4 is 0 Å². The molecule has 0 aliphatic heterocycles. The Kier molecular flexibility index (Phi) is 70.3.